The molecular weight excluding hydrogens is 1220 g/mol. The lowest BCUT2D eigenvalue weighted by Crippen LogP contribution is -2.75. The minimum absolute atomic E-state index is 0.0453. The lowest BCUT2D eigenvalue weighted by Gasteiger charge is -2.46. The zero-order chi connectivity index (χ0) is 64.1. The number of Topliss-reactive ketones (excluding diaryl/α,β-unsaturated/α-hetero) is 1. The molecule has 1 heterocycles. The molecule has 0 spiro atoms. The molecule has 0 aliphatic heterocycles. The van der Waals surface area contributed by atoms with Gasteiger partial charge in [0.25, 0.3) is 0 Å². The van der Waals surface area contributed by atoms with Crippen LogP contribution in [0.2, 0.25) is 0 Å². The Bertz CT molecular complexity index is 3400. The molecule has 8 rings (SSSR count). The van der Waals surface area contributed by atoms with Gasteiger partial charge in [-0.1, -0.05) is 97.1 Å². The highest BCUT2D eigenvalue weighted by atomic mass is 19.4. The zero-order valence-electron chi connectivity index (χ0n) is 42.1. The lowest BCUT2D eigenvalue weighted by molar-refractivity contribution is -0.661. The number of carboxylic acids is 1. The number of halogens is 24. The summed E-state index contributed by atoms with van der Waals surface area (Å²) in [5, 5.41) is 10.2. The van der Waals surface area contributed by atoms with E-state index in [1.165, 1.54) is 12.1 Å². The largest absolute Gasteiger partial charge is 0.478 e. The average Bonchev–Trinajstić information content (AvgIpc) is 0.721. The van der Waals surface area contributed by atoms with Gasteiger partial charge in [0.1, 0.15) is 11.9 Å². The standard InChI is InChI=1S/C32H12BF24.C24H17NO4/c34-25(35,36)13-1-14(26(37,38)39)6-21(5-13)33(22-7-15(27(40,41)42)2-16(8-22)28(43,44)45,23-9-17(29(46,47)48)3-18(10-23)30(49,50)51)24-11-19(31(52,53)54)4-20(12-24)32(55,56)57;26-22(18-8-2-1-3-9-18)16-25-21-12-5-4-7-17(21)13-14-23(25)29-20-11-6-10-19(15-20)24(27)28/h1-12H;1-15H,16H2/q-1;/p+1. The number of carbonyl (C=O) groups is 2. The molecule has 0 fully saturated rings. The second-order valence-electron chi connectivity index (χ2n) is 18.8. The SMILES string of the molecule is FC(F)(F)c1cc([B-](c2cc(C(F)(F)F)cc(C(F)(F)F)c2)(c2cc(C(F)(F)F)cc(C(F)(F)F)c2)c2cc(C(F)(F)F)cc(C(F)(F)F)c2)cc(C(F)(F)F)c1.O=C(O)c1cccc(Oc2ccc3ccccc3[n+]2CC(=O)c2ccccc2)c1. The smallest absolute Gasteiger partial charge is 0.416 e. The molecule has 8 aromatic rings. The normalized spacial score (nSPS) is 13.1. The topological polar surface area (TPSA) is 67.5 Å². The first-order valence-electron chi connectivity index (χ1n) is 23.7. The Morgan fingerprint density at radius 1 is 0.360 bits per heavy atom. The maximum absolute atomic E-state index is 14.2. The number of pyridine rings is 1. The molecule has 1 N–H and O–H groups in total. The van der Waals surface area contributed by atoms with E-state index in [4.69, 9.17) is 4.74 Å². The number of aromatic carboxylic acids is 1. The number of ketones is 1. The van der Waals surface area contributed by atoms with Crippen LogP contribution >= 0.6 is 0 Å². The van der Waals surface area contributed by atoms with Gasteiger partial charge < -0.3 is 9.84 Å². The molecular formula is C56H30BF24NO4. The van der Waals surface area contributed by atoms with Crippen molar-refractivity contribution in [2.24, 2.45) is 0 Å². The number of ether oxygens (including phenoxy) is 1. The average molecular weight is 1250 g/mol. The molecule has 0 bridgehead atoms. The molecule has 0 aliphatic rings. The third-order valence-corrected chi connectivity index (χ3v) is 13.0. The van der Waals surface area contributed by atoms with Crippen molar-refractivity contribution in [3.8, 4) is 11.6 Å². The van der Waals surface area contributed by atoms with Gasteiger partial charge in [-0.15, -0.1) is 0 Å². The molecule has 1 aromatic heterocycles. The zero-order valence-corrected chi connectivity index (χ0v) is 42.1. The number of hydrogen-bond donors (Lipinski definition) is 1. The monoisotopic (exact) mass is 1250 g/mol. The van der Waals surface area contributed by atoms with Gasteiger partial charge in [0.2, 0.25) is 17.8 Å². The van der Waals surface area contributed by atoms with Crippen molar-refractivity contribution in [2.45, 2.75) is 56.0 Å². The molecule has 86 heavy (non-hydrogen) atoms. The van der Waals surface area contributed by atoms with Crippen LogP contribution in [0.25, 0.3) is 10.9 Å². The van der Waals surface area contributed by atoms with E-state index < -0.39 is 201 Å². The van der Waals surface area contributed by atoms with E-state index in [9.17, 15) is 120 Å². The number of nitrogens with zero attached hydrogens (tertiary/aromatic N) is 1. The number of fused-ring (bicyclic) bond motifs is 1. The van der Waals surface area contributed by atoms with Gasteiger partial charge in [0, 0.05) is 17.0 Å². The summed E-state index contributed by atoms with van der Waals surface area (Å²) in [5.41, 5.74) is -28.6. The van der Waals surface area contributed by atoms with Gasteiger partial charge in [-0.3, -0.25) is 4.79 Å². The quantitative estimate of drug-likeness (QED) is 0.0641. The van der Waals surface area contributed by atoms with Crippen LogP contribution < -0.4 is 31.2 Å². The second kappa shape index (κ2) is 22.9. The van der Waals surface area contributed by atoms with Crippen LogP contribution in [0.1, 0.15) is 65.2 Å². The third kappa shape index (κ3) is 14.5. The number of benzene rings is 7. The fourth-order valence-electron chi connectivity index (χ4n) is 9.24. The number of aromatic nitrogens is 1. The van der Waals surface area contributed by atoms with Crippen LogP contribution in [0.5, 0.6) is 11.6 Å². The maximum Gasteiger partial charge on any atom is 0.416 e. The highest BCUT2D eigenvalue weighted by molar-refractivity contribution is 7.20. The van der Waals surface area contributed by atoms with Crippen LogP contribution in [-0.2, 0) is 56.0 Å². The molecule has 0 atom stereocenters. The van der Waals surface area contributed by atoms with Gasteiger partial charge in [-0.25, -0.2) is 4.79 Å². The Morgan fingerprint density at radius 3 is 1.00 bits per heavy atom. The highest BCUT2D eigenvalue weighted by Gasteiger charge is 2.47. The minimum atomic E-state index is -6.13. The van der Waals surface area contributed by atoms with Gasteiger partial charge in [-0.2, -0.15) is 132 Å². The lowest BCUT2D eigenvalue weighted by atomic mass is 9.12. The number of alkyl halides is 24. The van der Waals surface area contributed by atoms with Crippen LogP contribution in [0.15, 0.2) is 164 Å². The van der Waals surface area contributed by atoms with E-state index in [1.54, 1.807) is 34.9 Å². The van der Waals surface area contributed by atoms with E-state index in [0.29, 0.717) is 17.2 Å². The van der Waals surface area contributed by atoms with Crippen molar-refractivity contribution >= 4 is 50.7 Å². The summed E-state index contributed by atoms with van der Waals surface area (Å²) in [5.74, 6) is -0.228. The predicted molar refractivity (Wildman–Crippen MR) is 258 cm³/mol. The van der Waals surface area contributed by atoms with Gasteiger partial charge >= 0.3 is 61.3 Å². The summed E-state index contributed by atoms with van der Waals surface area (Å²) in [6.07, 6.45) is -54.8. The van der Waals surface area contributed by atoms with Crippen LogP contribution in [0, 0.1) is 0 Å². The molecule has 454 valence electrons. The molecule has 30 heteroatoms. The maximum atomic E-state index is 14.2. The van der Waals surface area contributed by atoms with Crippen LogP contribution in [0.3, 0.4) is 0 Å². The summed E-state index contributed by atoms with van der Waals surface area (Å²) in [6.45, 7) is 0.0965. The third-order valence-electron chi connectivity index (χ3n) is 13.0. The first kappa shape index (κ1) is 64.8. The van der Waals surface area contributed by atoms with Crippen LogP contribution in [-0.4, -0.2) is 23.0 Å². The molecule has 0 amide bonds. The Labute approximate surface area is 466 Å². The van der Waals surface area contributed by atoms with E-state index >= 15 is 0 Å². The Balaban J connectivity index is 0.000000302. The van der Waals surface area contributed by atoms with E-state index in [1.807, 2.05) is 48.5 Å². The molecule has 0 saturated heterocycles. The molecule has 0 saturated carbocycles. The first-order valence-corrected chi connectivity index (χ1v) is 23.7. The number of carboxylic acid groups (broad SMARTS) is 1. The number of rotatable bonds is 10. The van der Waals surface area contributed by atoms with Crippen molar-refractivity contribution < 1.29 is 129 Å². The van der Waals surface area contributed by atoms with Gasteiger partial charge in [0.05, 0.1) is 56.1 Å². The van der Waals surface area contributed by atoms with Gasteiger partial charge in [0.15, 0.2) is 0 Å². The minimum Gasteiger partial charge on any atom is -0.478 e. The number of para-hydroxylation sites is 1. The number of carbonyl (C=O) groups excluding carboxylic acids is 1. The Hall–Kier alpha value is -8.73. The van der Waals surface area contributed by atoms with Crippen molar-refractivity contribution in [1.82, 2.24) is 0 Å². The van der Waals surface area contributed by atoms with Crippen molar-refractivity contribution in [2.75, 3.05) is 0 Å². The van der Waals surface area contributed by atoms with E-state index in [-0.39, 0.29) is 17.9 Å². The number of hydrogen-bond acceptors (Lipinski definition) is 3. The molecule has 7 aromatic carbocycles. The summed E-state index contributed by atoms with van der Waals surface area (Å²) < 4.78 is 349. The van der Waals surface area contributed by atoms with E-state index in [0.717, 1.165) is 10.9 Å². The Morgan fingerprint density at radius 2 is 0.674 bits per heavy atom. The fourth-order valence-corrected chi connectivity index (χ4v) is 9.24. The van der Waals surface area contributed by atoms with Gasteiger partial charge in [-0.05, 0) is 54.6 Å². The fraction of sp³-hybridized carbons (Fsp3) is 0.161. The summed E-state index contributed by atoms with van der Waals surface area (Å²) in [6, 6.07) is 18.0. The molecule has 5 nitrogen and oxygen atoms in total. The van der Waals surface area contributed by atoms with Crippen molar-refractivity contribution in [3.63, 3.8) is 0 Å². The summed E-state index contributed by atoms with van der Waals surface area (Å²) >= 11 is 0. The highest BCUT2D eigenvalue weighted by Crippen LogP contribution is 2.42. The van der Waals surface area contributed by atoms with Crippen LogP contribution in [0.4, 0.5) is 105 Å². The predicted octanol–water partition coefficient (Wildman–Crippen LogP) is 15.7. The molecule has 0 aliphatic carbocycles. The van der Waals surface area contributed by atoms with E-state index in [2.05, 4.69) is 0 Å². The molecule has 0 radical (unpaired) electrons. The Kier molecular flexibility index (Phi) is 17.3. The van der Waals surface area contributed by atoms with Crippen molar-refractivity contribution in [1.29, 1.82) is 0 Å². The second-order valence-corrected chi connectivity index (χ2v) is 18.8. The molecule has 0 unspecified atom stereocenters. The van der Waals surface area contributed by atoms with Crippen molar-refractivity contribution in [3.05, 3.63) is 219 Å². The first-order chi connectivity index (χ1) is 39.4. The summed E-state index contributed by atoms with van der Waals surface area (Å²) in [7, 11) is 0. The summed E-state index contributed by atoms with van der Waals surface area (Å²) in [4.78, 5) is 24.1.